The third kappa shape index (κ3) is 4.02. The van der Waals surface area contributed by atoms with Crippen molar-refractivity contribution < 1.29 is 23.8 Å². The average Bonchev–Trinajstić information content (AvgIpc) is 2.97. The second-order valence-corrected chi connectivity index (χ2v) is 7.02. The molecule has 3 rings (SSSR count). The summed E-state index contributed by atoms with van der Waals surface area (Å²) >= 11 is 0. The number of nitrogens with zero attached hydrogens (tertiary/aromatic N) is 1. The van der Waals surface area contributed by atoms with E-state index >= 15 is 0 Å². The maximum absolute atomic E-state index is 13.2. The van der Waals surface area contributed by atoms with Crippen molar-refractivity contribution in [2.24, 2.45) is 0 Å². The molecule has 0 spiro atoms. The lowest BCUT2D eigenvalue weighted by Gasteiger charge is -2.15. The number of rotatable bonds is 8. The molecule has 0 saturated carbocycles. The lowest BCUT2D eigenvalue weighted by atomic mass is 10.0. The molecule has 1 aliphatic rings. The summed E-state index contributed by atoms with van der Waals surface area (Å²) < 4.78 is 15.7. The minimum absolute atomic E-state index is 0.170. The van der Waals surface area contributed by atoms with E-state index in [4.69, 9.17) is 14.2 Å². The summed E-state index contributed by atoms with van der Waals surface area (Å²) in [6, 6.07) is 11.0. The minimum atomic E-state index is -0.387. The van der Waals surface area contributed by atoms with Crippen LogP contribution < -0.4 is 14.8 Å². The Morgan fingerprint density at radius 3 is 2.27 bits per heavy atom. The summed E-state index contributed by atoms with van der Waals surface area (Å²) in [5, 5.41) is 3.19. The summed E-state index contributed by atoms with van der Waals surface area (Å²) in [5.74, 6) is 0.251. The summed E-state index contributed by atoms with van der Waals surface area (Å²) in [5.41, 5.74) is 3.95. The van der Waals surface area contributed by atoms with E-state index in [1.165, 1.54) is 19.1 Å². The van der Waals surface area contributed by atoms with E-state index in [1.807, 2.05) is 32.0 Å². The van der Waals surface area contributed by atoms with Gasteiger partial charge in [-0.25, -0.2) is 0 Å². The number of amides is 2. The fourth-order valence-electron chi connectivity index (χ4n) is 3.43. The van der Waals surface area contributed by atoms with Crippen LogP contribution in [-0.4, -0.2) is 51.2 Å². The van der Waals surface area contributed by atoms with Gasteiger partial charge in [0.2, 0.25) is 0 Å². The van der Waals surface area contributed by atoms with Gasteiger partial charge in [-0.1, -0.05) is 23.8 Å². The first kappa shape index (κ1) is 21.4. The molecular weight excluding hydrogens is 384 g/mol. The van der Waals surface area contributed by atoms with Gasteiger partial charge >= 0.3 is 0 Å². The average molecular weight is 410 g/mol. The first-order valence-electron chi connectivity index (χ1n) is 9.57. The van der Waals surface area contributed by atoms with Crippen molar-refractivity contribution in [3.8, 4) is 11.5 Å². The third-order valence-corrected chi connectivity index (χ3v) is 5.00. The lowest BCUT2D eigenvalue weighted by Crippen LogP contribution is -2.35. The Kier molecular flexibility index (Phi) is 6.42. The van der Waals surface area contributed by atoms with Gasteiger partial charge in [0.25, 0.3) is 11.8 Å². The highest BCUT2D eigenvalue weighted by molar-refractivity contribution is 6.36. The van der Waals surface area contributed by atoms with Crippen LogP contribution in [0.15, 0.2) is 42.1 Å². The van der Waals surface area contributed by atoms with Crippen LogP contribution in [0.4, 0.5) is 5.69 Å². The number of nitrogens with one attached hydrogen (secondary N) is 1. The van der Waals surface area contributed by atoms with E-state index in [0.717, 1.165) is 16.8 Å². The van der Waals surface area contributed by atoms with Crippen molar-refractivity contribution in [3.63, 3.8) is 0 Å². The fraction of sp³-hybridized carbons (Fsp3) is 0.304. The number of aryl methyl sites for hydroxylation is 2. The zero-order valence-corrected chi connectivity index (χ0v) is 17.9. The molecule has 158 valence electrons. The molecule has 30 heavy (non-hydrogen) atoms. The van der Waals surface area contributed by atoms with Crippen molar-refractivity contribution in [2.45, 2.75) is 13.8 Å². The standard InChI is InChI=1S/C23H26N2O5/c1-14-6-8-17(15(2)12-14)24-21-20(22(26)25(23(21)27)10-11-28-3)16-7-9-18(29-4)19(13-16)30-5/h6-9,12-13,24H,10-11H2,1-5H3. The van der Waals surface area contributed by atoms with Gasteiger partial charge < -0.3 is 19.5 Å². The highest BCUT2D eigenvalue weighted by Crippen LogP contribution is 2.36. The van der Waals surface area contributed by atoms with Gasteiger partial charge in [-0.2, -0.15) is 0 Å². The van der Waals surface area contributed by atoms with Gasteiger partial charge in [0, 0.05) is 12.8 Å². The third-order valence-electron chi connectivity index (χ3n) is 5.00. The first-order valence-corrected chi connectivity index (χ1v) is 9.57. The molecule has 2 amide bonds. The second kappa shape index (κ2) is 9.00. The largest absolute Gasteiger partial charge is 0.493 e. The number of ether oxygens (including phenoxy) is 3. The molecule has 0 bridgehead atoms. The van der Waals surface area contributed by atoms with Crippen LogP contribution in [0.2, 0.25) is 0 Å². The van der Waals surface area contributed by atoms with Crippen molar-refractivity contribution >= 4 is 23.1 Å². The molecule has 1 N–H and O–H groups in total. The molecule has 7 heteroatoms. The number of imide groups is 1. The molecule has 0 saturated heterocycles. The topological polar surface area (TPSA) is 77.1 Å². The Morgan fingerprint density at radius 1 is 0.900 bits per heavy atom. The van der Waals surface area contributed by atoms with Crippen LogP contribution in [0.3, 0.4) is 0 Å². The van der Waals surface area contributed by atoms with E-state index in [0.29, 0.717) is 17.1 Å². The highest BCUT2D eigenvalue weighted by Gasteiger charge is 2.39. The van der Waals surface area contributed by atoms with Crippen molar-refractivity contribution in [1.82, 2.24) is 4.90 Å². The smallest absolute Gasteiger partial charge is 0.278 e. The SMILES string of the molecule is COCCN1C(=O)C(Nc2ccc(C)cc2C)=C(c2ccc(OC)c(OC)c2)C1=O. The van der Waals surface area contributed by atoms with Gasteiger partial charge in [0.1, 0.15) is 5.70 Å². The van der Waals surface area contributed by atoms with E-state index in [-0.39, 0.29) is 36.2 Å². The molecule has 7 nitrogen and oxygen atoms in total. The molecule has 0 radical (unpaired) electrons. The molecule has 1 heterocycles. The van der Waals surface area contributed by atoms with E-state index < -0.39 is 0 Å². The first-order chi connectivity index (χ1) is 14.4. The maximum atomic E-state index is 13.2. The van der Waals surface area contributed by atoms with Crippen LogP contribution in [0.25, 0.3) is 5.57 Å². The molecule has 0 aliphatic carbocycles. The van der Waals surface area contributed by atoms with Crippen LogP contribution in [0, 0.1) is 13.8 Å². The molecule has 0 unspecified atom stereocenters. The van der Waals surface area contributed by atoms with Crippen LogP contribution in [-0.2, 0) is 14.3 Å². The number of carbonyl (C=O) groups excluding carboxylic acids is 2. The number of carbonyl (C=O) groups is 2. The zero-order chi connectivity index (χ0) is 21.8. The summed E-state index contributed by atoms with van der Waals surface area (Å²) in [4.78, 5) is 27.5. The van der Waals surface area contributed by atoms with Gasteiger partial charge in [0.15, 0.2) is 11.5 Å². The number of hydrogen-bond donors (Lipinski definition) is 1. The molecule has 0 fully saturated rings. The molecule has 2 aromatic carbocycles. The molecule has 1 aliphatic heterocycles. The number of benzene rings is 2. The Balaban J connectivity index is 2.11. The van der Waals surface area contributed by atoms with E-state index in [2.05, 4.69) is 5.32 Å². The Hall–Kier alpha value is -3.32. The van der Waals surface area contributed by atoms with Crippen LogP contribution >= 0.6 is 0 Å². The Labute approximate surface area is 176 Å². The predicted octanol–water partition coefficient (Wildman–Crippen LogP) is 3.16. The second-order valence-electron chi connectivity index (χ2n) is 7.02. The zero-order valence-electron chi connectivity index (χ0n) is 17.9. The summed E-state index contributed by atoms with van der Waals surface area (Å²) in [6.45, 7) is 4.38. The highest BCUT2D eigenvalue weighted by atomic mass is 16.5. The summed E-state index contributed by atoms with van der Waals surface area (Å²) in [6.07, 6.45) is 0. The van der Waals surface area contributed by atoms with Gasteiger partial charge in [-0.05, 0) is 43.2 Å². The van der Waals surface area contributed by atoms with E-state index in [9.17, 15) is 9.59 Å². The van der Waals surface area contributed by atoms with Gasteiger partial charge in [0.05, 0.1) is 32.9 Å². The maximum Gasteiger partial charge on any atom is 0.278 e. The monoisotopic (exact) mass is 410 g/mol. The van der Waals surface area contributed by atoms with Crippen molar-refractivity contribution in [3.05, 3.63) is 58.8 Å². The normalized spacial score (nSPS) is 13.8. The molecular formula is C23H26N2O5. The number of methoxy groups -OCH3 is 3. The predicted molar refractivity (Wildman–Crippen MR) is 115 cm³/mol. The molecule has 0 atom stereocenters. The van der Waals surface area contributed by atoms with Crippen molar-refractivity contribution in [2.75, 3.05) is 39.8 Å². The summed E-state index contributed by atoms with van der Waals surface area (Å²) in [7, 11) is 4.60. The van der Waals surface area contributed by atoms with Gasteiger partial charge in [-0.15, -0.1) is 0 Å². The van der Waals surface area contributed by atoms with Gasteiger partial charge in [-0.3, -0.25) is 14.5 Å². The quantitative estimate of drug-likeness (QED) is 0.674. The van der Waals surface area contributed by atoms with Crippen LogP contribution in [0.1, 0.15) is 16.7 Å². The van der Waals surface area contributed by atoms with E-state index in [1.54, 1.807) is 25.3 Å². The Bertz CT molecular complexity index is 1010. The number of anilines is 1. The fourth-order valence-corrected chi connectivity index (χ4v) is 3.43. The van der Waals surface area contributed by atoms with Crippen molar-refractivity contribution in [1.29, 1.82) is 0 Å². The minimum Gasteiger partial charge on any atom is -0.493 e. The number of hydrogen-bond acceptors (Lipinski definition) is 6. The lowest BCUT2D eigenvalue weighted by molar-refractivity contribution is -0.137. The molecule has 2 aromatic rings. The van der Waals surface area contributed by atoms with Crippen LogP contribution in [0.5, 0.6) is 11.5 Å². The molecule has 0 aromatic heterocycles. The Morgan fingerprint density at radius 2 is 1.63 bits per heavy atom.